The topological polar surface area (TPSA) is 67.0 Å². The number of amides is 1. The molecule has 1 aliphatic rings. The lowest BCUT2D eigenvalue weighted by Crippen LogP contribution is -2.47. The van der Waals surface area contributed by atoms with Gasteiger partial charge in [0.15, 0.2) is 0 Å². The average molecular weight is 355 g/mol. The number of benzene rings is 1. The Labute approximate surface area is 155 Å². The van der Waals surface area contributed by atoms with Crippen molar-refractivity contribution in [1.82, 2.24) is 15.3 Å². The van der Waals surface area contributed by atoms with Crippen LogP contribution >= 0.6 is 0 Å². The smallest absolute Gasteiger partial charge is 0.220 e. The number of H-pyrrole nitrogens is 1. The standard InChI is InChI=1S/C21H29N3O2/c1-16-6-4-5-7-18(16)21(9-11-26-20(2,3)14-21)12-19(25)23-10-8-17-13-22-15-24-17/h4-7,13,15H,8-12,14H2,1-3H3,(H,22,24)(H,23,25)/t21-/m1/s1. The first-order valence-electron chi connectivity index (χ1n) is 9.34. The molecule has 1 saturated heterocycles. The van der Waals surface area contributed by atoms with Crippen LogP contribution < -0.4 is 5.32 Å². The number of hydrogen-bond acceptors (Lipinski definition) is 3. The summed E-state index contributed by atoms with van der Waals surface area (Å²) < 4.78 is 5.95. The lowest BCUT2D eigenvalue weighted by Gasteiger charge is -2.45. The Morgan fingerprint density at radius 3 is 2.85 bits per heavy atom. The molecule has 0 aliphatic carbocycles. The molecule has 0 bridgehead atoms. The number of carbonyl (C=O) groups is 1. The summed E-state index contributed by atoms with van der Waals surface area (Å²) in [6.45, 7) is 7.67. The van der Waals surface area contributed by atoms with Crippen molar-refractivity contribution in [1.29, 1.82) is 0 Å². The summed E-state index contributed by atoms with van der Waals surface area (Å²) in [5.41, 5.74) is 3.16. The third-order valence-corrected chi connectivity index (χ3v) is 5.32. The van der Waals surface area contributed by atoms with Gasteiger partial charge in [-0.15, -0.1) is 0 Å². The first kappa shape index (κ1) is 18.6. The van der Waals surface area contributed by atoms with Crippen LogP contribution in [0.1, 0.15) is 49.9 Å². The number of rotatable bonds is 6. The molecule has 0 spiro atoms. The van der Waals surface area contributed by atoms with E-state index in [9.17, 15) is 4.79 Å². The Hall–Kier alpha value is -2.14. The Bertz CT molecular complexity index is 739. The van der Waals surface area contributed by atoms with Crippen LogP contribution in [0.2, 0.25) is 0 Å². The fourth-order valence-electron chi connectivity index (χ4n) is 4.25. The maximum atomic E-state index is 12.8. The first-order chi connectivity index (χ1) is 12.4. The van der Waals surface area contributed by atoms with Crippen molar-refractivity contribution < 1.29 is 9.53 Å². The fraction of sp³-hybridized carbons (Fsp3) is 0.524. The molecule has 3 rings (SSSR count). The molecule has 1 aromatic heterocycles. The van der Waals surface area contributed by atoms with Gasteiger partial charge in [0.2, 0.25) is 5.91 Å². The maximum Gasteiger partial charge on any atom is 0.220 e. The minimum absolute atomic E-state index is 0.102. The summed E-state index contributed by atoms with van der Waals surface area (Å²) in [4.78, 5) is 19.8. The molecular weight excluding hydrogens is 326 g/mol. The fourth-order valence-corrected chi connectivity index (χ4v) is 4.25. The predicted molar refractivity (Wildman–Crippen MR) is 102 cm³/mol. The van der Waals surface area contributed by atoms with E-state index in [1.165, 1.54) is 11.1 Å². The van der Waals surface area contributed by atoms with E-state index in [1.807, 2.05) is 0 Å². The average Bonchev–Trinajstić information content (AvgIpc) is 3.07. The number of imidazole rings is 1. The quantitative estimate of drug-likeness (QED) is 0.835. The first-order valence-corrected chi connectivity index (χ1v) is 9.34. The lowest BCUT2D eigenvalue weighted by atomic mass is 9.66. The second kappa shape index (κ2) is 7.62. The van der Waals surface area contributed by atoms with Crippen molar-refractivity contribution in [3.63, 3.8) is 0 Å². The largest absolute Gasteiger partial charge is 0.376 e. The molecule has 140 valence electrons. The number of nitrogens with one attached hydrogen (secondary N) is 2. The van der Waals surface area contributed by atoms with Gasteiger partial charge in [-0.2, -0.15) is 0 Å². The molecule has 1 fully saturated rings. The zero-order chi connectivity index (χ0) is 18.6. The molecular formula is C21H29N3O2. The number of ether oxygens (including phenoxy) is 1. The second-order valence-electron chi connectivity index (χ2n) is 7.98. The Morgan fingerprint density at radius 1 is 1.35 bits per heavy atom. The van der Waals surface area contributed by atoms with Gasteiger partial charge in [-0.3, -0.25) is 4.79 Å². The van der Waals surface area contributed by atoms with E-state index < -0.39 is 0 Å². The number of carbonyl (C=O) groups excluding carboxylic acids is 1. The Morgan fingerprint density at radius 2 is 2.15 bits per heavy atom. The van der Waals surface area contributed by atoms with Gasteiger partial charge in [0.1, 0.15) is 0 Å². The minimum atomic E-state index is -0.225. The van der Waals surface area contributed by atoms with Crippen molar-refractivity contribution in [3.8, 4) is 0 Å². The van der Waals surface area contributed by atoms with Crippen LogP contribution in [0.3, 0.4) is 0 Å². The molecule has 1 aliphatic heterocycles. The molecule has 1 atom stereocenters. The van der Waals surface area contributed by atoms with Gasteiger partial charge < -0.3 is 15.0 Å². The van der Waals surface area contributed by atoms with E-state index >= 15 is 0 Å². The van der Waals surface area contributed by atoms with Crippen molar-refractivity contribution in [2.24, 2.45) is 0 Å². The van der Waals surface area contributed by atoms with E-state index in [4.69, 9.17) is 4.74 Å². The molecule has 1 aromatic carbocycles. The van der Waals surface area contributed by atoms with Gasteiger partial charge in [-0.05, 0) is 44.7 Å². The van der Waals surface area contributed by atoms with Crippen LogP contribution in [-0.4, -0.2) is 34.6 Å². The number of nitrogens with zero attached hydrogens (tertiary/aromatic N) is 1. The highest BCUT2D eigenvalue weighted by atomic mass is 16.5. The number of aryl methyl sites for hydroxylation is 1. The number of aromatic nitrogens is 2. The molecule has 2 heterocycles. The molecule has 2 N–H and O–H groups in total. The van der Waals surface area contributed by atoms with Gasteiger partial charge >= 0.3 is 0 Å². The zero-order valence-electron chi connectivity index (χ0n) is 16.0. The molecule has 5 nitrogen and oxygen atoms in total. The summed E-state index contributed by atoms with van der Waals surface area (Å²) in [7, 11) is 0. The summed E-state index contributed by atoms with van der Waals surface area (Å²) in [5.74, 6) is 0.102. The summed E-state index contributed by atoms with van der Waals surface area (Å²) >= 11 is 0. The highest BCUT2D eigenvalue weighted by Crippen LogP contribution is 2.45. The van der Waals surface area contributed by atoms with Crippen LogP contribution in [0.5, 0.6) is 0 Å². The van der Waals surface area contributed by atoms with E-state index in [-0.39, 0.29) is 16.9 Å². The van der Waals surface area contributed by atoms with Gasteiger partial charge in [0, 0.05) is 43.3 Å². The molecule has 5 heteroatoms. The normalized spacial score (nSPS) is 22.1. The van der Waals surface area contributed by atoms with E-state index in [0.717, 1.165) is 25.0 Å². The van der Waals surface area contributed by atoms with Crippen molar-refractivity contribution in [2.45, 2.75) is 57.5 Å². The lowest BCUT2D eigenvalue weighted by molar-refractivity contribution is -0.126. The Kier molecular flexibility index (Phi) is 5.47. The van der Waals surface area contributed by atoms with Crippen molar-refractivity contribution in [3.05, 3.63) is 53.6 Å². The van der Waals surface area contributed by atoms with Crippen molar-refractivity contribution in [2.75, 3.05) is 13.2 Å². The monoisotopic (exact) mass is 355 g/mol. The maximum absolute atomic E-state index is 12.8. The molecule has 1 amide bonds. The second-order valence-corrected chi connectivity index (χ2v) is 7.98. The van der Waals surface area contributed by atoms with Crippen LogP contribution in [-0.2, 0) is 21.4 Å². The third kappa shape index (κ3) is 4.33. The molecule has 0 saturated carbocycles. The van der Waals surface area contributed by atoms with Crippen LogP contribution in [0, 0.1) is 6.92 Å². The van der Waals surface area contributed by atoms with Crippen molar-refractivity contribution >= 4 is 5.91 Å². The van der Waals surface area contributed by atoms with Gasteiger partial charge in [0.05, 0.1) is 11.9 Å². The van der Waals surface area contributed by atoms with E-state index in [1.54, 1.807) is 12.5 Å². The molecule has 0 unspecified atom stereocenters. The molecule has 0 radical (unpaired) electrons. The number of aromatic amines is 1. The SMILES string of the molecule is Cc1ccccc1[C@@]1(CC(=O)NCCc2cnc[nH]2)CCOC(C)(C)C1. The summed E-state index contributed by atoms with van der Waals surface area (Å²) in [5, 5.41) is 3.08. The van der Waals surface area contributed by atoms with Crippen LogP contribution in [0.15, 0.2) is 36.8 Å². The van der Waals surface area contributed by atoms with Gasteiger partial charge in [-0.1, -0.05) is 24.3 Å². The predicted octanol–water partition coefficient (Wildman–Crippen LogP) is 3.29. The molecule has 2 aromatic rings. The summed E-state index contributed by atoms with van der Waals surface area (Å²) in [6, 6.07) is 8.44. The minimum Gasteiger partial charge on any atom is -0.376 e. The van der Waals surface area contributed by atoms with E-state index in [2.05, 4.69) is 60.3 Å². The van der Waals surface area contributed by atoms with E-state index in [0.29, 0.717) is 19.6 Å². The third-order valence-electron chi connectivity index (χ3n) is 5.32. The molecule has 26 heavy (non-hydrogen) atoms. The zero-order valence-corrected chi connectivity index (χ0v) is 16.0. The highest BCUT2D eigenvalue weighted by molar-refractivity contribution is 5.77. The summed E-state index contributed by atoms with van der Waals surface area (Å²) in [6.07, 6.45) is 6.43. The van der Waals surface area contributed by atoms with Crippen LogP contribution in [0.4, 0.5) is 0 Å². The Balaban J connectivity index is 1.73. The van der Waals surface area contributed by atoms with Gasteiger partial charge in [-0.25, -0.2) is 4.98 Å². The van der Waals surface area contributed by atoms with Crippen LogP contribution in [0.25, 0.3) is 0 Å². The number of hydrogen-bond donors (Lipinski definition) is 2. The highest BCUT2D eigenvalue weighted by Gasteiger charge is 2.44. The van der Waals surface area contributed by atoms with Gasteiger partial charge in [0.25, 0.3) is 0 Å².